The number of nitrogens with one attached hydrogen (secondary N) is 2. The predicted octanol–water partition coefficient (Wildman–Crippen LogP) is 0.887. The Kier molecular flexibility index (Phi) is 4.97. The molecule has 0 bridgehead atoms. The van der Waals surface area contributed by atoms with Gasteiger partial charge in [0, 0.05) is 18.8 Å². The van der Waals surface area contributed by atoms with Gasteiger partial charge in [0.25, 0.3) is 0 Å². The van der Waals surface area contributed by atoms with Crippen molar-refractivity contribution in [3.63, 3.8) is 0 Å². The zero-order chi connectivity index (χ0) is 17.1. The van der Waals surface area contributed by atoms with Gasteiger partial charge >= 0.3 is 0 Å². The van der Waals surface area contributed by atoms with Crippen LogP contribution in [0.2, 0.25) is 0 Å². The highest BCUT2D eigenvalue weighted by Crippen LogP contribution is 2.11. The molecule has 2 atom stereocenters. The summed E-state index contributed by atoms with van der Waals surface area (Å²) in [5.74, 6) is -0.0597. The lowest BCUT2D eigenvalue weighted by Crippen LogP contribution is -2.40. The number of benzene rings is 1. The summed E-state index contributed by atoms with van der Waals surface area (Å²) < 4.78 is 1.98. The summed E-state index contributed by atoms with van der Waals surface area (Å²) in [7, 11) is 0. The Balaban J connectivity index is 1.59. The second kappa shape index (κ2) is 7.15. The lowest BCUT2D eigenvalue weighted by molar-refractivity contribution is -0.123. The molecule has 1 amide bonds. The predicted molar refractivity (Wildman–Crippen MR) is 91.5 cm³/mol. The van der Waals surface area contributed by atoms with Crippen molar-refractivity contribution in [2.75, 3.05) is 6.54 Å². The smallest absolute Gasteiger partial charge is 0.237 e. The molecule has 128 valence electrons. The summed E-state index contributed by atoms with van der Waals surface area (Å²) in [4.78, 5) is 12.1. The third-order valence-electron chi connectivity index (χ3n) is 4.32. The van der Waals surface area contributed by atoms with E-state index in [1.54, 1.807) is 0 Å². The highest BCUT2D eigenvalue weighted by atomic mass is 16.3. The number of carbonyl (C=O) groups excluding carboxylic acids is 1. The van der Waals surface area contributed by atoms with Crippen molar-refractivity contribution < 1.29 is 9.90 Å². The second-order valence-corrected chi connectivity index (χ2v) is 6.47. The molecule has 6 nitrogen and oxygen atoms in total. The van der Waals surface area contributed by atoms with Gasteiger partial charge in [0.15, 0.2) is 0 Å². The Morgan fingerprint density at radius 3 is 2.83 bits per heavy atom. The molecule has 1 aliphatic heterocycles. The number of hydrogen-bond acceptors (Lipinski definition) is 4. The fraction of sp³-hybridized carbons (Fsp3) is 0.444. The van der Waals surface area contributed by atoms with Crippen molar-refractivity contribution in [1.82, 2.24) is 20.4 Å². The molecule has 1 saturated heterocycles. The molecule has 2 heterocycles. The maximum atomic E-state index is 12.1. The van der Waals surface area contributed by atoms with E-state index in [4.69, 9.17) is 0 Å². The molecule has 0 radical (unpaired) electrons. The van der Waals surface area contributed by atoms with Crippen LogP contribution in [0.1, 0.15) is 28.9 Å². The van der Waals surface area contributed by atoms with Crippen LogP contribution in [0.4, 0.5) is 0 Å². The normalized spacial score (nSPS) is 20.3. The zero-order valence-corrected chi connectivity index (χ0v) is 14.1. The van der Waals surface area contributed by atoms with Gasteiger partial charge < -0.3 is 15.7 Å². The van der Waals surface area contributed by atoms with Gasteiger partial charge in [0.2, 0.25) is 5.91 Å². The fourth-order valence-electron chi connectivity index (χ4n) is 3.08. The summed E-state index contributed by atoms with van der Waals surface area (Å²) in [6, 6.07) is 9.93. The van der Waals surface area contributed by atoms with E-state index < -0.39 is 6.10 Å². The van der Waals surface area contributed by atoms with Gasteiger partial charge in [0.05, 0.1) is 24.4 Å². The Hall–Kier alpha value is -2.18. The highest BCUT2D eigenvalue weighted by Gasteiger charge is 2.27. The number of rotatable bonds is 5. The third-order valence-corrected chi connectivity index (χ3v) is 4.32. The second-order valence-electron chi connectivity index (χ2n) is 6.47. The number of hydrogen-bond donors (Lipinski definition) is 3. The van der Waals surface area contributed by atoms with Crippen LogP contribution in [0.25, 0.3) is 0 Å². The molecular formula is C18H24N4O2. The molecule has 2 aromatic rings. The minimum Gasteiger partial charge on any atom is -0.392 e. The quantitative estimate of drug-likeness (QED) is 0.761. The minimum atomic E-state index is -0.426. The van der Waals surface area contributed by atoms with Crippen molar-refractivity contribution in [1.29, 1.82) is 0 Å². The van der Waals surface area contributed by atoms with Crippen LogP contribution in [0.5, 0.6) is 0 Å². The van der Waals surface area contributed by atoms with Crippen LogP contribution in [-0.4, -0.2) is 39.5 Å². The maximum absolute atomic E-state index is 12.1. The van der Waals surface area contributed by atoms with Crippen molar-refractivity contribution in [2.45, 2.75) is 45.5 Å². The van der Waals surface area contributed by atoms with E-state index in [1.165, 1.54) is 0 Å². The summed E-state index contributed by atoms with van der Waals surface area (Å²) >= 11 is 0. The van der Waals surface area contributed by atoms with E-state index >= 15 is 0 Å². The van der Waals surface area contributed by atoms with Gasteiger partial charge in [-0.2, -0.15) is 5.10 Å². The number of aliphatic hydroxyl groups is 1. The maximum Gasteiger partial charge on any atom is 0.237 e. The number of nitrogens with zero attached hydrogens (tertiary/aromatic N) is 2. The van der Waals surface area contributed by atoms with E-state index in [-0.39, 0.29) is 11.9 Å². The molecule has 0 spiro atoms. The number of aryl methyl sites for hydroxylation is 2. The molecule has 3 rings (SSSR count). The Morgan fingerprint density at radius 2 is 2.17 bits per heavy atom. The Morgan fingerprint density at radius 1 is 1.38 bits per heavy atom. The summed E-state index contributed by atoms with van der Waals surface area (Å²) in [6.07, 6.45) is 0.0499. The Labute approximate surface area is 141 Å². The molecule has 1 aliphatic rings. The fourth-order valence-corrected chi connectivity index (χ4v) is 3.08. The molecule has 0 saturated carbocycles. The average molecular weight is 328 g/mol. The van der Waals surface area contributed by atoms with E-state index in [1.807, 2.05) is 30.7 Å². The van der Waals surface area contributed by atoms with Gasteiger partial charge in [-0.25, -0.2) is 0 Å². The van der Waals surface area contributed by atoms with Crippen LogP contribution < -0.4 is 10.6 Å². The number of amides is 1. The van der Waals surface area contributed by atoms with E-state index in [0.717, 1.165) is 29.1 Å². The van der Waals surface area contributed by atoms with Gasteiger partial charge in [-0.15, -0.1) is 0 Å². The topological polar surface area (TPSA) is 79.2 Å². The molecule has 3 N–H and O–H groups in total. The van der Waals surface area contributed by atoms with Crippen molar-refractivity contribution in [3.8, 4) is 0 Å². The molecule has 0 aliphatic carbocycles. The van der Waals surface area contributed by atoms with Crippen molar-refractivity contribution in [2.24, 2.45) is 0 Å². The van der Waals surface area contributed by atoms with E-state index in [2.05, 4.69) is 33.9 Å². The van der Waals surface area contributed by atoms with Crippen LogP contribution in [0, 0.1) is 13.8 Å². The van der Waals surface area contributed by atoms with Gasteiger partial charge in [-0.05, 0) is 37.5 Å². The highest BCUT2D eigenvalue weighted by molar-refractivity contribution is 5.82. The monoisotopic (exact) mass is 328 g/mol. The molecule has 1 fully saturated rings. The Bertz CT molecular complexity index is 726. The molecular weight excluding hydrogens is 304 g/mol. The van der Waals surface area contributed by atoms with E-state index in [0.29, 0.717) is 19.5 Å². The first kappa shape index (κ1) is 16.7. The molecule has 1 aromatic heterocycles. The first-order chi connectivity index (χ1) is 11.5. The van der Waals surface area contributed by atoms with Crippen molar-refractivity contribution in [3.05, 3.63) is 52.8 Å². The zero-order valence-electron chi connectivity index (χ0n) is 14.1. The molecule has 1 aromatic carbocycles. The number of β-amino-alcohol motifs (C(OH)–C–C–N with tert-alkyl or cyclic N) is 1. The van der Waals surface area contributed by atoms with Crippen LogP contribution in [-0.2, 0) is 17.9 Å². The largest absolute Gasteiger partial charge is 0.392 e. The first-order valence-corrected chi connectivity index (χ1v) is 8.29. The average Bonchev–Trinajstić information content (AvgIpc) is 3.11. The lowest BCUT2D eigenvalue weighted by atomic mass is 10.1. The van der Waals surface area contributed by atoms with Crippen LogP contribution in [0.3, 0.4) is 0 Å². The van der Waals surface area contributed by atoms with Gasteiger partial charge in [0.1, 0.15) is 0 Å². The lowest BCUT2D eigenvalue weighted by Gasteiger charge is -2.12. The van der Waals surface area contributed by atoms with Gasteiger partial charge in [-0.3, -0.25) is 9.48 Å². The van der Waals surface area contributed by atoms with E-state index in [9.17, 15) is 9.90 Å². The van der Waals surface area contributed by atoms with Crippen LogP contribution >= 0.6 is 0 Å². The van der Waals surface area contributed by atoms with Crippen LogP contribution in [0.15, 0.2) is 30.3 Å². The number of carbonyl (C=O) groups is 1. The molecule has 0 unspecified atom stereocenters. The summed E-state index contributed by atoms with van der Waals surface area (Å²) in [5.41, 5.74) is 4.36. The van der Waals surface area contributed by atoms with Crippen molar-refractivity contribution >= 4 is 5.91 Å². The summed E-state index contributed by atoms with van der Waals surface area (Å²) in [6.45, 7) is 5.72. The molecule has 6 heteroatoms. The minimum absolute atomic E-state index is 0.0597. The first-order valence-electron chi connectivity index (χ1n) is 8.29. The SMILES string of the molecule is Cc1cc(C)n(Cc2cccc(CNC(=O)[C@H]3C[C@H](O)CN3)c2)n1. The number of aromatic nitrogens is 2. The third kappa shape index (κ3) is 4.01. The molecule has 24 heavy (non-hydrogen) atoms. The number of aliphatic hydroxyl groups excluding tert-OH is 1. The standard InChI is InChI=1S/C18H24N4O2/c1-12-6-13(2)22(21-12)11-15-5-3-4-14(7-15)9-20-18(24)17-8-16(23)10-19-17/h3-7,16-17,19,23H,8-11H2,1-2H3,(H,20,24)/t16-,17+/m0/s1. The van der Waals surface area contributed by atoms with Gasteiger partial charge in [-0.1, -0.05) is 24.3 Å². The summed E-state index contributed by atoms with van der Waals surface area (Å²) in [5, 5.41) is 19.9.